The number of esters is 1. The number of carbonyl (C=O) groups is 2. The van der Waals surface area contributed by atoms with Gasteiger partial charge in [-0.25, -0.2) is 0 Å². The van der Waals surface area contributed by atoms with Crippen LogP contribution in [-0.2, 0) is 20.7 Å². The molecule has 0 fully saturated rings. The first-order valence-electron chi connectivity index (χ1n) is 7.74. The summed E-state index contributed by atoms with van der Waals surface area (Å²) in [5.41, 5.74) is 1.54. The van der Waals surface area contributed by atoms with Crippen molar-refractivity contribution in [2.45, 2.75) is 52.5 Å². The fraction of sp³-hybridized carbons (Fsp3) is 0.556. The summed E-state index contributed by atoms with van der Waals surface area (Å²) in [6.07, 6.45) is 1.58. The third kappa shape index (κ3) is 5.17. The number of benzene rings is 1. The van der Waals surface area contributed by atoms with Gasteiger partial charge in [-0.15, -0.1) is 0 Å². The molecule has 0 radical (unpaired) electrons. The van der Waals surface area contributed by atoms with Crippen molar-refractivity contribution in [3.63, 3.8) is 0 Å². The molecule has 0 atom stereocenters. The van der Waals surface area contributed by atoms with E-state index in [1.165, 1.54) is 0 Å². The molecule has 0 aliphatic heterocycles. The molecule has 0 unspecified atom stereocenters. The Labute approximate surface area is 133 Å². The van der Waals surface area contributed by atoms with E-state index in [0.29, 0.717) is 6.42 Å². The summed E-state index contributed by atoms with van der Waals surface area (Å²) in [6.45, 7) is 7.96. The van der Waals surface area contributed by atoms with Crippen LogP contribution in [0.15, 0.2) is 24.3 Å². The van der Waals surface area contributed by atoms with Crippen LogP contribution in [0.5, 0.6) is 0 Å². The zero-order valence-corrected chi connectivity index (χ0v) is 14.3. The number of carbonyl (C=O) groups excluding carboxylic acids is 2. The van der Waals surface area contributed by atoms with Crippen molar-refractivity contribution in [2.24, 2.45) is 0 Å². The van der Waals surface area contributed by atoms with Gasteiger partial charge in [-0.3, -0.25) is 9.59 Å². The van der Waals surface area contributed by atoms with Crippen molar-refractivity contribution < 1.29 is 14.3 Å². The van der Waals surface area contributed by atoms with Gasteiger partial charge in [0.15, 0.2) is 0 Å². The van der Waals surface area contributed by atoms with E-state index in [9.17, 15) is 9.59 Å². The maximum Gasteiger partial charge on any atom is 0.310 e. The topological polar surface area (TPSA) is 46.6 Å². The lowest BCUT2D eigenvalue weighted by Gasteiger charge is -2.35. The molecule has 1 aromatic carbocycles. The van der Waals surface area contributed by atoms with Gasteiger partial charge in [0, 0.05) is 13.5 Å². The first-order chi connectivity index (χ1) is 10.3. The Hall–Kier alpha value is -1.84. The van der Waals surface area contributed by atoms with E-state index in [1.807, 2.05) is 52.0 Å². The van der Waals surface area contributed by atoms with Gasteiger partial charge in [-0.2, -0.15) is 0 Å². The SMILES string of the molecule is CCCC(=O)N(C)C(C)(C)COC(=O)Cc1ccccc1C. The highest BCUT2D eigenvalue weighted by atomic mass is 16.5. The number of aryl methyl sites for hydroxylation is 1. The molecule has 1 amide bonds. The van der Waals surface area contributed by atoms with Gasteiger partial charge in [0.25, 0.3) is 0 Å². The Kier molecular flexibility index (Phi) is 6.60. The minimum atomic E-state index is -0.506. The molecular weight excluding hydrogens is 278 g/mol. The Balaban J connectivity index is 2.55. The smallest absolute Gasteiger partial charge is 0.310 e. The van der Waals surface area contributed by atoms with Gasteiger partial charge in [0.2, 0.25) is 5.91 Å². The standard InChI is InChI=1S/C18H27NO3/c1-6-9-16(20)19(5)18(3,4)13-22-17(21)12-15-11-8-7-10-14(15)2/h7-8,10-11H,6,9,12-13H2,1-5H3. The molecule has 0 aromatic heterocycles. The quantitative estimate of drug-likeness (QED) is 0.727. The Bertz CT molecular complexity index is 523. The van der Waals surface area contributed by atoms with Crippen LogP contribution in [0.25, 0.3) is 0 Å². The molecule has 0 bridgehead atoms. The van der Waals surface area contributed by atoms with Crippen LogP contribution in [0.1, 0.15) is 44.7 Å². The fourth-order valence-electron chi connectivity index (χ4n) is 2.09. The van der Waals surface area contributed by atoms with Crippen molar-refractivity contribution in [3.8, 4) is 0 Å². The molecule has 22 heavy (non-hydrogen) atoms. The van der Waals surface area contributed by atoms with E-state index in [4.69, 9.17) is 4.74 Å². The number of hydrogen-bond donors (Lipinski definition) is 0. The molecule has 4 nitrogen and oxygen atoms in total. The zero-order chi connectivity index (χ0) is 16.8. The lowest BCUT2D eigenvalue weighted by Crippen LogP contribution is -2.48. The van der Waals surface area contributed by atoms with Crippen molar-refractivity contribution in [2.75, 3.05) is 13.7 Å². The molecular formula is C18H27NO3. The third-order valence-electron chi connectivity index (χ3n) is 3.93. The highest BCUT2D eigenvalue weighted by Gasteiger charge is 2.28. The van der Waals surface area contributed by atoms with Gasteiger partial charge >= 0.3 is 5.97 Å². The van der Waals surface area contributed by atoms with Crippen molar-refractivity contribution >= 4 is 11.9 Å². The highest BCUT2D eigenvalue weighted by Crippen LogP contribution is 2.16. The lowest BCUT2D eigenvalue weighted by atomic mass is 10.0. The van der Waals surface area contributed by atoms with Crippen LogP contribution in [0.4, 0.5) is 0 Å². The predicted molar refractivity (Wildman–Crippen MR) is 87.6 cm³/mol. The largest absolute Gasteiger partial charge is 0.463 e. The van der Waals surface area contributed by atoms with Crippen LogP contribution in [-0.4, -0.2) is 36.0 Å². The number of ether oxygens (including phenoxy) is 1. The second kappa shape index (κ2) is 7.97. The van der Waals surface area contributed by atoms with Gasteiger partial charge in [0.1, 0.15) is 6.61 Å². The van der Waals surface area contributed by atoms with E-state index in [0.717, 1.165) is 17.5 Å². The summed E-state index contributed by atoms with van der Waals surface area (Å²) in [7, 11) is 1.76. The summed E-state index contributed by atoms with van der Waals surface area (Å²) < 4.78 is 5.38. The molecule has 0 saturated carbocycles. The van der Waals surface area contributed by atoms with Gasteiger partial charge in [0.05, 0.1) is 12.0 Å². The number of hydrogen-bond acceptors (Lipinski definition) is 3. The minimum absolute atomic E-state index is 0.0717. The second-order valence-corrected chi connectivity index (χ2v) is 6.28. The first-order valence-corrected chi connectivity index (χ1v) is 7.74. The molecule has 0 aliphatic rings. The first kappa shape index (κ1) is 18.2. The van der Waals surface area contributed by atoms with E-state index >= 15 is 0 Å². The van der Waals surface area contributed by atoms with Gasteiger partial charge in [-0.1, -0.05) is 31.2 Å². The molecule has 0 heterocycles. The van der Waals surface area contributed by atoms with Crippen molar-refractivity contribution in [1.29, 1.82) is 0 Å². The van der Waals surface area contributed by atoms with E-state index in [1.54, 1.807) is 11.9 Å². The van der Waals surface area contributed by atoms with Crippen LogP contribution in [0, 0.1) is 6.92 Å². The second-order valence-electron chi connectivity index (χ2n) is 6.28. The number of nitrogens with zero attached hydrogens (tertiary/aromatic N) is 1. The minimum Gasteiger partial charge on any atom is -0.463 e. The Morgan fingerprint density at radius 3 is 2.45 bits per heavy atom. The number of amides is 1. The van der Waals surface area contributed by atoms with Crippen LogP contribution in [0.3, 0.4) is 0 Å². The third-order valence-corrected chi connectivity index (χ3v) is 3.93. The molecule has 0 spiro atoms. The maximum atomic E-state index is 12.0. The monoisotopic (exact) mass is 305 g/mol. The van der Waals surface area contributed by atoms with E-state index in [2.05, 4.69) is 0 Å². The normalized spacial score (nSPS) is 11.1. The van der Waals surface area contributed by atoms with Crippen LogP contribution < -0.4 is 0 Å². The summed E-state index contributed by atoms with van der Waals surface area (Å²) >= 11 is 0. The molecule has 0 N–H and O–H groups in total. The van der Waals surface area contributed by atoms with Crippen LogP contribution >= 0.6 is 0 Å². The number of likely N-dealkylation sites (N-methyl/N-ethyl adjacent to an activating group) is 1. The zero-order valence-electron chi connectivity index (χ0n) is 14.3. The van der Waals surface area contributed by atoms with Gasteiger partial charge in [-0.05, 0) is 38.3 Å². The Morgan fingerprint density at radius 1 is 1.23 bits per heavy atom. The van der Waals surface area contributed by atoms with Gasteiger partial charge < -0.3 is 9.64 Å². The predicted octanol–water partition coefficient (Wildman–Crippen LogP) is 3.12. The number of rotatable bonds is 7. The maximum absolute atomic E-state index is 12.0. The molecule has 1 rings (SSSR count). The molecule has 4 heteroatoms. The average Bonchev–Trinajstić information content (AvgIpc) is 2.47. The fourth-order valence-corrected chi connectivity index (χ4v) is 2.09. The summed E-state index contributed by atoms with van der Waals surface area (Å²) in [5.74, 6) is -0.193. The summed E-state index contributed by atoms with van der Waals surface area (Å²) in [5, 5.41) is 0. The van der Waals surface area contributed by atoms with Crippen molar-refractivity contribution in [3.05, 3.63) is 35.4 Å². The molecule has 0 aliphatic carbocycles. The Morgan fingerprint density at radius 2 is 1.86 bits per heavy atom. The van der Waals surface area contributed by atoms with Crippen molar-refractivity contribution in [1.82, 2.24) is 4.90 Å². The summed E-state index contributed by atoms with van der Waals surface area (Å²) in [6, 6.07) is 7.76. The molecule has 122 valence electrons. The average molecular weight is 305 g/mol. The molecule has 1 aromatic rings. The highest BCUT2D eigenvalue weighted by molar-refractivity contribution is 5.77. The molecule has 0 saturated heterocycles. The van der Waals surface area contributed by atoms with Crippen LogP contribution in [0.2, 0.25) is 0 Å². The van der Waals surface area contributed by atoms with E-state index < -0.39 is 5.54 Å². The summed E-state index contributed by atoms with van der Waals surface area (Å²) in [4.78, 5) is 25.6. The lowest BCUT2D eigenvalue weighted by molar-refractivity contribution is -0.150. The van der Waals surface area contributed by atoms with E-state index in [-0.39, 0.29) is 24.9 Å².